The Morgan fingerprint density at radius 1 is 1.21 bits per heavy atom. The Balaban J connectivity index is 2.09. The second kappa shape index (κ2) is 4.50. The zero-order chi connectivity index (χ0) is 13.4. The van der Waals surface area contributed by atoms with Gasteiger partial charge in [-0.05, 0) is 24.6 Å². The fourth-order valence-electron chi connectivity index (χ4n) is 2.31. The van der Waals surface area contributed by atoms with E-state index < -0.39 is 0 Å². The van der Waals surface area contributed by atoms with Gasteiger partial charge in [-0.2, -0.15) is 5.10 Å². The molecule has 0 saturated heterocycles. The van der Waals surface area contributed by atoms with Crippen molar-refractivity contribution in [3.05, 3.63) is 23.9 Å². The predicted octanol–water partition coefficient (Wildman–Crippen LogP) is 2.14. The largest absolute Gasteiger partial charge is 0.490 e. The second-order valence-corrected chi connectivity index (χ2v) is 4.68. The minimum atomic E-state index is 0.537. The zero-order valence-electron chi connectivity index (χ0n) is 11.1. The quantitative estimate of drug-likeness (QED) is 0.852. The smallest absolute Gasteiger partial charge is 0.161 e. The zero-order valence-corrected chi connectivity index (χ0v) is 11.1. The van der Waals surface area contributed by atoms with Gasteiger partial charge in [0.1, 0.15) is 0 Å². The van der Waals surface area contributed by atoms with E-state index in [-0.39, 0.29) is 0 Å². The molecule has 0 spiro atoms. The number of rotatable bonds is 1. The van der Waals surface area contributed by atoms with Crippen LogP contribution < -0.4 is 15.2 Å². The van der Waals surface area contributed by atoms with Crippen LogP contribution >= 0.6 is 0 Å². The molecule has 0 atom stereocenters. The van der Waals surface area contributed by atoms with Gasteiger partial charge in [-0.25, -0.2) is 0 Å². The fourth-order valence-corrected chi connectivity index (χ4v) is 2.31. The first-order chi connectivity index (χ1) is 9.16. The molecule has 0 bridgehead atoms. The monoisotopic (exact) mass is 259 g/mol. The summed E-state index contributed by atoms with van der Waals surface area (Å²) in [5, 5.41) is 4.24. The molecule has 100 valence electrons. The molecule has 3 rings (SSSR count). The van der Waals surface area contributed by atoms with Crippen molar-refractivity contribution in [2.75, 3.05) is 18.9 Å². The number of aryl methyl sites for hydroxylation is 1. The lowest BCUT2D eigenvalue weighted by Crippen LogP contribution is -1.97. The normalized spacial score (nSPS) is 14.2. The number of nitrogens with two attached hydrogens (primary N) is 1. The molecule has 2 heterocycles. The highest BCUT2D eigenvalue weighted by Gasteiger charge is 2.16. The van der Waals surface area contributed by atoms with Crippen LogP contribution in [0.1, 0.15) is 12.1 Å². The molecule has 19 heavy (non-hydrogen) atoms. The van der Waals surface area contributed by atoms with E-state index in [1.807, 2.05) is 32.2 Å². The summed E-state index contributed by atoms with van der Waals surface area (Å²) < 4.78 is 13.1. The third kappa shape index (κ3) is 2.01. The molecule has 0 aliphatic carbocycles. The van der Waals surface area contributed by atoms with Crippen LogP contribution in [0.3, 0.4) is 0 Å². The maximum absolute atomic E-state index is 5.98. The number of ether oxygens (including phenoxy) is 2. The number of benzene rings is 1. The van der Waals surface area contributed by atoms with Crippen LogP contribution in [0.4, 0.5) is 5.82 Å². The summed E-state index contributed by atoms with van der Waals surface area (Å²) in [6.07, 6.45) is 0.901. The summed E-state index contributed by atoms with van der Waals surface area (Å²) in [4.78, 5) is 0. The van der Waals surface area contributed by atoms with Crippen molar-refractivity contribution in [3.63, 3.8) is 0 Å². The van der Waals surface area contributed by atoms with Crippen molar-refractivity contribution in [2.45, 2.75) is 13.3 Å². The van der Waals surface area contributed by atoms with E-state index in [9.17, 15) is 0 Å². The summed E-state index contributed by atoms with van der Waals surface area (Å²) in [6.45, 7) is 3.38. The number of aromatic nitrogens is 2. The number of hydrogen-bond donors (Lipinski definition) is 1. The lowest BCUT2D eigenvalue weighted by molar-refractivity contribution is 0.297. The van der Waals surface area contributed by atoms with Gasteiger partial charge in [0, 0.05) is 24.7 Å². The van der Waals surface area contributed by atoms with Gasteiger partial charge in [0.2, 0.25) is 0 Å². The molecule has 1 aromatic carbocycles. The molecule has 0 radical (unpaired) electrons. The van der Waals surface area contributed by atoms with Gasteiger partial charge in [-0.15, -0.1) is 0 Å². The standard InChI is InChI=1S/C14H17N3O2/c1-9-13(14(15)16-17(9)2)10-4-5-11-12(8-10)19-7-3-6-18-11/h4-5,8H,3,6-7H2,1-2H3,(H2,15,16). The molecular weight excluding hydrogens is 242 g/mol. The Bertz CT molecular complexity index is 619. The molecule has 5 nitrogen and oxygen atoms in total. The molecule has 1 aliphatic rings. The van der Waals surface area contributed by atoms with E-state index in [0.717, 1.165) is 34.7 Å². The molecular formula is C14H17N3O2. The molecule has 0 amide bonds. The summed E-state index contributed by atoms with van der Waals surface area (Å²) in [7, 11) is 1.89. The van der Waals surface area contributed by atoms with Crippen LogP contribution in [0.25, 0.3) is 11.1 Å². The van der Waals surface area contributed by atoms with Crippen LogP contribution in [0, 0.1) is 6.92 Å². The van der Waals surface area contributed by atoms with Crippen molar-refractivity contribution in [1.29, 1.82) is 0 Å². The first kappa shape index (κ1) is 11.9. The van der Waals surface area contributed by atoms with Crippen LogP contribution in [0.2, 0.25) is 0 Å². The van der Waals surface area contributed by atoms with E-state index >= 15 is 0 Å². The minimum absolute atomic E-state index is 0.537. The van der Waals surface area contributed by atoms with Gasteiger partial charge in [0.25, 0.3) is 0 Å². The first-order valence-electron chi connectivity index (χ1n) is 6.36. The number of nitrogens with zero attached hydrogens (tertiary/aromatic N) is 2. The molecule has 1 aromatic heterocycles. The van der Waals surface area contributed by atoms with Gasteiger partial charge >= 0.3 is 0 Å². The van der Waals surface area contributed by atoms with Crippen molar-refractivity contribution < 1.29 is 9.47 Å². The van der Waals surface area contributed by atoms with Gasteiger partial charge in [-0.1, -0.05) is 6.07 Å². The Labute approximate surface area is 111 Å². The van der Waals surface area contributed by atoms with Crippen molar-refractivity contribution in [1.82, 2.24) is 9.78 Å². The van der Waals surface area contributed by atoms with Crippen molar-refractivity contribution >= 4 is 5.82 Å². The average Bonchev–Trinajstić information content (AvgIpc) is 2.59. The first-order valence-corrected chi connectivity index (χ1v) is 6.36. The fraction of sp³-hybridized carbons (Fsp3) is 0.357. The van der Waals surface area contributed by atoms with Crippen LogP contribution in [0.5, 0.6) is 11.5 Å². The van der Waals surface area contributed by atoms with E-state index in [2.05, 4.69) is 5.10 Å². The summed E-state index contributed by atoms with van der Waals surface area (Å²) >= 11 is 0. The summed E-state index contributed by atoms with van der Waals surface area (Å²) in [5.74, 6) is 2.11. The third-order valence-corrected chi connectivity index (χ3v) is 3.40. The molecule has 0 saturated carbocycles. The lowest BCUT2D eigenvalue weighted by atomic mass is 10.1. The highest BCUT2D eigenvalue weighted by molar-refractivity contribution is 5.78. The summed E-state index contributed by atoms with van der Waals surface area (Å²) in [5.41, 5.74) is 8.97. The Kier molecular flexibility index (Phi) is 2.81. The number of nitrogen functional groups attached to an aromatic ring is 1. The third-order valence-electron chi connectivity index (χ3n) is 3.40. The van der Waals surface area contributed by atoms with E-state index in [4.69, 9.17) is 15.2 Å². The molecule has 0 unspecified atom stereocenters. The minimum Gasteiger partial charge on any atom is -0.490 e. The maximum atomic E-state index is 5.98. The van der Waals surface area contributed by atoms with E-state index in [0.29, 0.717) is 19.0 Å². The maximum Gasteiger partial charge on any atom is 0.161 e. The van der Waals surface area contributed by atoms with Gasteiger partial charge < -0.3 is 15.2 Å². The topological polar surface area (TPSA) is 62.3 Å². The van der Waals surface area contributed by atoms with Gasteiger partial charge in [-0.3, -0.25) is 4.68 Å². The molecule has 2 aromatic rings. The van der Waals surface area contributed by atoms with E-state index in [1.54, 1.807) is 4.68 Å². The molecule has 0 fully saturated rings. The van der Waals surface area contributed by atoms with Gasteiger partial charge in [0.05, 0.1) is 13.2 Å². The van der Waals surface area contributed by atoms with Gasteiger partial charge in [0.15, 0.2) is 17.3 Å². The highest BCUT2D eigenvalue weighted by atomic mass is 16.5. The average molecular weight is 259 g/mol. The number of fused-ring (bicyclic) bond motifs is 1. The second-order valence-electron chi connectivity index (χ2n) is 4.68. The SMILES string of the molecule is Cc1c(-c2ccc3c(c2)OCCCO3)c(N)nn1C. The highest BCUT2D eigenvalue weighted by Crippen LogP contribution is 2.37. The number of hydrogen-bond acceptors (Lipinski definition) is 4. The lowest BCUT2D eigenvalue weighted by Gasteiger charge is -2.09. The Morgan fingerprint density at radius 3 is 2.63 bits per heavy atom. The van der Waals surface area contributed by atoms with E-state index in [1.165, 1.54) is 0 Å². The van der Waals surface area contributed by atoms with Crippen LogP contribution in [0.15, 0.2) is 18.2 Å². The Hall–Kier alpha value is -2.17. The molecule has 1 aliphatic heterocycles. The molecule has 5 heteroatoms. The predicted molar refractivity (Wildman–Crippen MR) is 73.4 cm³/mol. The summed E-state index contributed by atoms with van der Waals surface area (Å²) in [6, 6.07) is 5.90. The van der Waals surface area contributed by atoms with Crippen molar-refractivity contribution in [2.24, 2.45) is 7.05 Å². The van der Waals surface area contributed by atoms with Crippen molar-refractivity contribution in [3.8, 4) is 22.6 Å². The van der Waals surface area contributed by atoms with Crippen LogP contribution in [-0.4, -0.2) is 23.0 Å². The molecule has 2 N–H and O–H groups in total. The Morgan fingerprint density at radius 2 is 1.95 bits per heavy atom. The van der Waals surface area contributed by atoms with Crippen LogP contribution in [-0.2, 0) is 7.05 Å². The number of anilines is 1.